The molecule has 13 nitrogen and oxygen atoms in total. The first-order valence-electron chi connectivity index (χ1n) is 8.18. The number of anilines is 1. The van der Waals surface area contributed by atoms with E-state index in [4.69, 9.17) is 29.7 Å². The lowest BCUT2D eigenvalue weighted by Gasteiger charge is -2.30. The number of carboxylic acid groups (broad SMARTS) is 1. The fraction of sp³-hybridized carbons (Fsp3) is 0.538. The summed E-state index contributed by atoms with van der Waals surface area (Å²) >= 11 is 1.92. The molecule has 2 aliphatic rings. The standard InChI is InChI=1S/C13H16N5O8PS2/c14-12-16-9-6(10(23)17-12)15-13(28-2-5(20)21)18(9)11-7(22)8-4(25-11)1-24-27(26-8)29-3-19/h4,7-8,11,19,22H,1-3H2,(H,20,21)(H3,14,16,17,23)/t4?,7?,8-,11-,27?/m1/s1. The van der Waals surface area contributed by atoms with Crippen molar-refractivity contribution in [2.24, 2.45) is 0 Å². The van der Waals surface area contributed by atoms with Crippen LogP contribution in [0.3, 0.4) is 0 Å². The van der Waals surface area contributed by atoms with Crippen LogP contribution in [0.15, 0.2) is 9.95 Å². The largest absolute Gasteiger partial charge is 0.481 e. The predicted octanol–water partition coefficient (Wildman–Crippen LogP) is -0.538. The molecule has 0 radical (unpaired) electrons. The van der Waals surface area contributed by atoms with E-state index >= 15 is 0 Å². The van der Waals surface area contributed by atoms with Crippen LogP contribution in [0.4, 0.5) is 5.95 Å². The van der Waals surface area contributed by atoms with Gasteiger partial charge in [-0.15, -0.1) is 0 Å². The lowest BCUT2D eigenvalue weighted by atomic mass is 10.1. The first kappa shape index (κ1) is 20.8. The summed E-state index contributed by atoms with van der Waals surface area (Å²) in [5, 5.41) is 29.0. The number of fused-ring (bicyclic) bond motifs is 2. The third kappa shape index (κ3) is 3.96. The maximum atomic E-state index is 12.2. The van der Waals surface area contributed by atoms with Crippen molar-refractivity contribution in [3.05, 3.63) is 10.4 Å². The van der Waals surface area contributed by atoms with Gasteiger partial charge in [0.2, 0.25) is 13.5 Å². The van der Waals surface area contributed by atoms with Gasteiger partial charge in [-0.2, -0.15) is 4.98 Å². The number of hydrogen-bond donors (Lipinski definition) is 5. The molecule has 4 heterocycles. The molecule has 0 bridgehead atoms. The van der Waals surface area contributed by atoms with Crippen molar-refractivity contribution in [1.82, 2.24) is 19.5 Å². The number of nitrogens with zero attached hydrogens (tertiary/aromatic N) is 3. The van der Waals surface area contributed by atoms with Crippen LogP contribution in [-0.2, 0) is 18.6 Å². The van der Waals surface area contributed by atoms with E-state index < -0.39 is 43.6 Å². The maximum absolute atomic E-state index is 12.2. The minimum atomic E-state index is -1.45. The molecule has 2 aromatic heterocycles. The van der Waals surface area contributed by atoms with Gasteiger partial charge in [-0.1, -0.05) is 11.8 Å². The maximum Gasteiger partial charge on any atom is 0.313 e. The van der Waals surface area contributed by atoms with Gasteiger partial charge in [0, 0.05) is 0 Å². The highest BCUT2D eigenvalue weighted by molar-refractivity contribution is 8.52. The van der Waals surface area contributed by atoms with Crippen molar-refractivity contribution in [2.45, 2.75) is 29.7 Å². The summed E-state index contributed by atoms with van der Waals surface area (Å²) in [5.41, 5.74) is 5.03. The van der Waals surface area contributed by atoms with E-state index in [-0.39, 0.29) is 40.6 Å². The number of carbonyl (C=O) groups is 1. The van der Waals surface area contributed by atoms with E-state index in [1.807, 2.05) is 0 Å². The van der Waals surface area contributed by atoms with E-state index in [9.17, 15) is 14.7 Å². The van der Waals surface area contributed by atoms with E-state index in [1.54, 1.807) is 0 Å². The molecule has 5 atom stereocenters. The molecule has 0 aromatic carbocycles. The average molecular weight is 465 g/mol. The monoisotopic (exact) mass is 465 g/mol. The molecule has 3 unspecified atom stereocenters. The summed E-state index contributed by atoms with van der Waals surface area (Å²) in [6.45, 7) is 0.136. The summed E-state index contributed by atoms with van der Waals surface area (Å²) in [6.07, 6.45) is -3.59. The molecule has 2 aromatic rings. The Morgan fingerprint density at radius 1 is 1.45 bits per heavy atom. The fourth-order valence-corrected chi connectivity index (χ4v) is 5.94. The molecule has 29 heavy (non-hydrogen) atoms. The van der Waals surface area contributed by atoms with Gasteiger partial charge in [0.1, 0.15) is 18.3 Å². The lowest BCUT2D eigenvalue weighted by molar-refractivity contribution is -0.133. The van der Waals surface area contributed by atoms with Crippen LogP contribution < -0.4 is 11.3 Å². The van der Waals surface area contributed by atoms with Crippen molar-refractivity contribution < 1.29 is 33.9 Å². The quantitative estimate of drug-likeness (QED) is 0.207. The minimum Gasteiger partial charge on any atom is -0.481 e. The van der Waals surface area contributed by atoms with E-state index in [1.165, 1.54) is 4.57 Å². The number of aromatic nitrogens is 4. The van der Waals surface area contributed by atoms with Crippen molar-refractivity contribution in [1.29, 1.82) is 0 Å². The van der Waals surface area contributed by atoms with Crippen LogP contribution in [0.1, 0.15) is 6.23 Å². The number of aliphatic hydroxyl groups excluding tert-OH is 2. The number of imidazole rings is 1. The number of H-pyrrole nitrogens is 1. The smallest absolute Gasteiger partial charge is 0.313 e. The SMILES string of the molecule is Nc1nc2c(nc(SCC(=O)O)n2[C@@H]2OC3COP(SCO)O[C@H]3C2O)c(=O)[nH]1. The molecule has 4 rings (SSSR count). The van der Waals surface area contributed by atoms with Crippen molar-refractivity contribution in [2.75, 3.05) is 24.0 Å². The van der Waals surface area contributed by atoms with Crippen molar-refractivity contribution >= 4 is 53.8 Å². The van der Waals surface area contributed by atoms with E-state index in [0.717, 1.165) is 23.1 Å². The molecule has 16 heteroatoms. The Kier molecular flexibility index (Phi) is 5.99. The number of nitrogens with one attached hydrogen (secondary N) is 1. The fourth-order valence-electron chi connectivity index (χ4n) is 3.01. The normalized spacial score (nSPS) is 29.2. The predicted molar refractivity (Wildman–Crippen MR) is 103 cm³/mol. The summed E-state index contributed by atoms with van der Waals surface area (Å²) in [7, 11) is -1.45. The van der Waals surface area contributed by atoms with Crippen molar-refractivity contribution in [3.63, 3.8) is 0 Å². The average Bonchev–Trinajstić information content (AvgIpc) is 3.18. The second-order valence-corrected chi connectivity index (χ2v) is 10.0. The molecule has 0 amide bonds. The van der Waals surface area contributed by atoms with Gasteiger partial charge in [0.05, 0.1) is 18.3 Å². The number of aliphatic carboxylic acids is 1. The van der Waals surface area contributed by atoms with Gasteiger partial charge in [0.15, 0.2) is 22.5 Å². The van der Waals surface area contributed by atoms with Crippen LogP contribution in [0.25, 0.3) is 11.2 Å². The van der Waals surface area contributed by atoms with Crippen molar-refractivity contribution in [3.8, 4) is 0 Å². The van der Waals surface area contributed by atoms with Crippen LogP contribution in [-0.4, -0.2) is 77.4 Å². The summed E-state index contributed by atoms with van der Waals surface area (Å²) < 4.78 is 18.4. The first-order chi connectivity index (χ1) is 13.9. The van der Waals surface area contributed by atoms with Crippen LogP contribution in [0.2, 0.25) is 0 Å². The Morgan fingerprint density at radius 2 is 2.24 bits per heavy atom. The molecule has 158 valence electrons. The zero-order valence-corrected chi connectivity index (χ0v) is 17.0. The Labute approximate surface area is 171 Å². The van der Waals surface area contributed by atoms with Gasteiger partial charge >= 0.3 is 5.97 Å². The summed E-state index contributed by atoms with van der Waals surface area (Å²) in [6, 6.07) is 0. The van der Waals surface area contributed by atoms with Crippen LogP contribution in [0.5, 0.6) is 0 Å². The highest BCUT2D eigenvalue weighted by atomic mass is 32.7. The number of aromatic amines is 1. The van der Waals surface area contributed by atoms with Gasteiger partial charge in [0.25, 0.3) is 5.56 Å². The van der Waals surface area contributed by atoms with Gasteiger partial charge in [-0.3, -0.25) is 19.1 Å². The Bertz CT molecular complexity index is 988. The minimum absolute atomic E-state index is 0.0507. The highest BCUT2D eigenvalue weighted by Gasteiger charge is 2.50. The van der Waals surface area contributed by atoms with Gasteiger partial charge in [-0.25, -0.2) is 4.98 Å². The lowest BCUT2D eigenvalue weighted by Crippen LogP contribution is -2.38. The summed E-state index contributed by atoms with van der Waals surface area (Å²) in [4.78, 5) is 33.8. The molecule has 0 aliphatic carbocycles. The second-order valence-electron chi connectivity index (χ2n) is 5.97. The molecule has 2 fully saturated rings. The molecule has 0 spiro atoms. The zero-order chi connectivity index (χ0) is 20.7. The molecule has 2 saturated heterocycles. The number of rotatable bonds is 6. The Balaban J connectivity index is 1.73. The zero-order valence-electron chi connectivity index (χ0n) is 14.5. The van der Waals surface area contributed by atoms with Crippen LogP contribution >= 0.6 is 30.7 Å². The second kappa shape index (κ2) is 8.35. The van der Waals surface area contributed by atoms with E-state index in [0.29, 0.717) is 0 Å². The molecular formula is C13H16N5O8PS2. The number of aliphatic hydroxyl groups is 2. The van der Waals surface area contributed by atoms with Crippen LogP contribution in [0, 0.1) is 0 Å². The molecule has 0 saturated carbocycles. The molecular weight excluding hydrogens is 449 g/mol. The number of nitrogen functional groups attached to an aromatic ring is 1. The third-order valence-electron chi connectivity index (χ3n) is 4.14. The number of carboxylic acids is 1. The number of hydrogen-bond acceptors (Lipinski definition) is 12. The number of thioether (sulfide) groups is 1. The van der Waals surface area contributed by atoms with Gasteiger partial charge < -0.3 is 34.8 Å². The number of ether oxygens (including phenoxy) is 1. The topological polar surface area (TPSA) is 195 Å². The Morgan fingerprint density at radius 3 is 2.97 bits per heavy atom. The van der Waals surface area contributed by atoms with E-state index in [2.05, 4.69) is 15.0 Å². The first-order valence-corrected chi connectivity index (χ1v) is 11.9. The number of nitrogens with two attached hydrogens (primary N) is 1. The summed E-state index contributed by atoms with van der Waals surface area (Å²) in [5.74, 6) is -1.77. The third-order valence-corrected chi connectivity index (χ3v) is 7.73. The molecule has 6 N–H and O–H groups in total. The van der Waals surface area contributed by atoms with Gasteiger partial charge in [-0.05, 0) is 11.4 Å². The molecule has 2 aliphatic heterocycles. The Hall–Kier alpha value is -1.45. The highest BCUT2D eigenvalue weighted by Crippen LogP contribution is 2.57.